The first-order valence-corrected chi connectivity index (χ1v) is 13.5. The Balaban J connectivity index is 1.61. The molecule has 3 aromatic rings. The van der Waals surface area contributed by atoms with Crippen LogP contribution in [0.2, 0.25) is 0 Å². The van der Waals surface area contributed by atoms with Crippen molar-refractivity contribution in [2.24, 2.45) is 5.10 Å². The molecular formula is C29H37N5O2S. The van der Waals surface area contributed by atoms with Crippen LogP contribution in [0, 0.1) is 20.8 Å². The maximum Gasteiger partial charge on any atom is 0.274 e. The number of hydrogen-bond acceptors (Lipinski definition) is 6. The molecule has 7 nitrogen and oxygen atoms in total. The van der Waals surface area contributed by atoms with E-state index in [0.717, 1.165) is 48.4 Å². The van der Waals surface area contributed by atoms with Crippen molar-refractivity contribution in [2.75, 3.05) is 31.5 Å². The van der Waals surface area contributed by atoms with Crippen molar-refractivity contribution in [3.63, 3.8) is 0 Å². The second-order valence-corrected chi connectivity index (χ2v) is 9.90. The molecule has 0 radical (unpaired) electrons. The van der Waals surface area contributed by atoms with Gasteiger partial charge in [-0.3, -0.25) is 9.59 Å². The van der Waals surface area contributed by atoms with Gasteiger partial charge in [0.15, 0.2) is 0 Å². The van der Waals surface area contributed by atoms with Crippen LogP contribution in [0.5, 0.6) is 0 Å². The summed E-state index contributed by atoms with van der Waals surface area (Å²) in [6, 6.07) is 13.5. The fourth-order valence-electron chi connectivity index (χ4n) is 3.89. The quantitative estimate of drug-likeness (QED) is 0.176. The lowest BCUT2D eigenvalue weighted by molar-refractivity contribution is 0.0956. The molecule has 0 aliphatic heterocycles. The maximum atomic E-state index is 13.0. The molecule has 0 saturated carbocycles. The van der Waals surface area contributed by atoms with E-state index in [1.165, 1.54) is 16.9 Å². The van der Waals surface area contributed by atoms with Gasteiger partial charge in [-0.15, -0.1) is 11.3 Å². The fraction of sp³-hybridized carbons (Fsp3) is 0.345. The van der Waals surface area contributed by atoms with Crippen LogP contribution in [-0.2, 0) is 6.54 Å². The minimum absolute atomic E-state index is 0.250. The molecule has 1 aromatic heterocycles. The third-order valence-corrected chi connectivity index (χ3v) is 7.37. The molecule has 2 aromatic carbocycles. The van der Waals surface area contributed by atoms with Crippen molar-refractivity contribution in [1.29, 1.82) is 0 Å². The van der Waals surface area contributed by atoms with Crippen LogP contribution in [0.4, 0.5) is 5.00 Å². The Hall–Kier alpha value is -3.33. The van der Waals surface area contributed by atoms with Gasteiger partial charge in [0.05, 0.1) is 11.8 Å². The largest absolute Gasteiger partial charge is 0.313 e. The summed E-state index contributed by atoms with van der Waals surface area (Å²) in [6.45, 7) is 14.9. The highest BCUT2D eigenvalue weighted by Crippen LogP contribution is 2.28. The van der Waals surface area contributed by atoms with E-state index in [4.69, 9.17) is 0 Å². The van der Waals surface area contributed by atoms with E-state index in [-0.39, 0.29) is 11.8 Å². The molecule has 0 unspecified atom stereocenters. The predicted octanol–water partition coefficient (Wildman–Crippen LogP) is 5.12. The average molecular weight is 520 g/mol. The summed E-state index contributed by atoms with van der Waals surface area (Å²) in [5.74, 6) is -0.611. The van der Waals surface area contributed by atoms with Crippen molar-refractivity contribution >= 4 is 34.4 Å². The molecule has 3 rings (SSSR count). The average Bonchev–Trinajstić information content (AvgIpc) is 3.26. The van der Waals surface area contributed by atoms with Crippen LogP contribution < -0.4 is 16.1 Å². The standard InChI is InChI=1S/C29H37N5O2S/c1-6-34(7-2)14-13-30-17-23-9-8-10-25(16-23)27(35)32-29-26(22(5)19-37-29)28(36)33-31-18-24-12-11-20(3)21(4)15-24/h8-12,15-16,18-19,30H,6-7,13-14,17H2,1-5H3,(H,32,35)(H,33,36)/b31-18+. The van der Waals surface area contributed by atoms with Gasteiger partial charge in [0.1, 0.15) is 5.00 Å². The topological polar surface area (TPSA) is 85.8 Å². The first-order valence-electron chi connectivity index (χ1n) is 12.6. The Kier molecular flexibility index (Phi) is 10.6. The zero-order valence-electron chi connectivity index (χ0n) is 22.4. The number of likely N-dealkylation sites (N-methyl/N-ethyl adjacent to an activating group) is 1. The summed E-state index contributed by atoms with van der Waals surface area (Å²) in [7, 11) is 0. The van der Waals surface area contributed by atoms with E-state index in [1.807, 2.05) is 55.6 Å². The highest BCUT2D eigenvalue weighted by atomic mass is 32.1. The molecule has 0 saturated heterocycles. The van der Waals surface area contributed by atoms with E-state index >= 15 is 0 Å². The zero-order valence-corrected chi connectivity index (χ0v) is 23.2. The lowest BCUT2D eigenvalue weighted by Gasteiger charge is -2.18. The number of rotatable bonds is 12. The number of carbonyl (C=O) groups excluding carboxylic acids is 2. The number of benzene rings is 2. The minimum Gasteiger partial charge on any atom is -0.313 e. The predicted molar refractivity (Wildman–Crippen MR) is 154 cm³/mol. The summed E-state index contributed by atoms with van der Waals surface area (Å²) in [5.41, 5.74) is 8.64. The summed E-state index contributed by atoms with van der Waals surface area (Å²) >= 11 is 1.33. The highest BCUT2D eigenvalue weighted by Gasteiger charge is 2.19. The highest BCUT2D eigenvalue weighted by molar-refractivity contribution is 7.15. The number of hydrazone groups is 1. The fourth-order valence-corrected chi connectivity index (χ4v) is 4.83. The van der Waals surface area contributed by atoms with Crippen molar-refractivity contribution in [2.45, 2.75) is 41.2 Å². The molecule has 0 atom stereocenters. The van der Waals surface area contributed by atoms with Crippen molar-refractivity contribution in [3.05, 3.63) is 86.8 Å². The first kappa shape index (κ1) is 28.2. The molecule has 0 fully saturated rings. The lowest BCUT2D eigenvalue weighted by atomic mass is 10.1. The number of thiophene rings is 1. The monoisotopic (exact) mass is 519 g/mol. The Labute approximate surface area is 224 Å². The van der Waals surface area contributed by atoms with Crippen LogP contribution >= 0.6 is 11.3 Å². The van der Waals surface area contributed by atoms with Gasteiger partial charge < -0.3 is 15.5 Å². The van der Waals surface area contributed by atoms with E-state index < -0.39 is 0 Å². The molecule has 1 heterocycles. The minimum atomic E-state index is -0.361. The third kappa shape index (κ3) is 8.08. The van der Waals surface area contributed by atoms with Crippen molar-refractivity contribution in [1.82, 2.24) is 15.6 Å². The third-order valence-electron chi connectivity index (χ3n) is 6.36. The SMILES string of the molecule is CCN(CC)CCNCc1cccc(C(=O)Nc2scc(C)c2C(=O)N/N=C/c2ccc(C)c(C)c2)c1. The molecule has 0 aliphatic rings. The summed E-state index contributed by atoms with van der Waals surface area (Å²) < 4.78 is 0. The second-order valence-electron chi connectivity index (χ2n) is 9.02. The second kappa shape index (κ2) is 13.8. The Bertz CT molecular complexity index is 1250. The number of hydrogen-bond donors (Lipinski definition) is 3. The van der Waals surface area contributed by atoms with Crippen LogP contribution in [0.3, 0.4) is 0 Å². The molecule has 0 spiro atoms. The van der Waals surface area contributed by atoms with Gasteiger partial charge in [0.2, 0.25) is 0 Å². The van der Waals surface area contributed by atoms with Gasteiger partial charge in [0.25, 0.3) is 11.8 Å². The molecule has 8 heteroatoms. The summed E-state index contributed by atoms with van der Waals surface area (Å²) in [4.78, 5) is 28.3. The number of anilines is 1. The van der Waals surface area contributed by atoms with Gasteiger partial charge in [-0.2, -0.15) is 5.10 Å². The van der Waals surface area contributed by atoms with Crippen LogP contribution in [-0.4, -0.2) is 49.1 Å². The summed E-state index contributed by atoms with van der Waals surface area (Å²) in [6.07, 6.45) is 1.62. The number of carbonyl (C=O) groups is 2. The Morgan fingerprint density at radius 1 is 0.973 bits per heavy atom. The smallest absolute Gasteiger partial charge is 0.274 e. The van der Waals surface area contributed by atoms with Gasteiger partial charge in [0, 0.05) is 25.2 Å². The van der Waals surface area contributed by atoms with Crippen molar-refractivity contribution in [3.8, 4) is 0 Å². The van der Waals surface area contributed by atoms with Gasteiger partial charge in [-0.05, 0) is 79.2 Å². The molecule has 196 valence electrons. The lowest BCUT2D eigenvalue weighted by Crippen LogP contribution is -2.31. The maximum absolute atomic E-state index is 13.0. The number of nitrogens with zero attached hydrogens (tertiary/aromatic N) is 2. The molecule has 37 heavy (non-hydrogen) atoms. The number of amides is 2. The van der Waals surface area contributed by atoms with E-state index in [2.05, 4.69) is 46.8 Å². The van der Waals surface area contributed by atoms with E-state index in [1.54, 1.807) is 12.3 Å². The first-order chi connectivity index (χ1) is 17.8. The number of nitrogens with one attached hydrogen (secondary N) is 3. The van der Waals surface area contributed by atoms with Crippen LogP contribution in [0.1, 0.15) is 62.4 Å². The van der Waals surface area contributed by atoms with Gasteiger partial charge >= 0.3 is 0 Å². The van der Waals surface area contributed by atoms with E-state index in [9.17, 15) is 9.59 Å². The number of aryl methyl sites for hydroxylation is 3. The molecule has 3 N–H and O–H groups in total. The summed E-state index contributed by atoms with van der Waals surface area (Å²) in [5, 5.41) is 12.8. The molecular weight excluding hydrogens is 482 g/mol. The zero-order chi connectivity index (χ0) is 26.8. The van der Waals surface area contributed by atoms with Gasteiger partial charge in [-0.25, -0.2) is 5.43 Å². The Morgan fingerprint density at radius 2 is 1.76 bits per heavy atom. The Morgan fingerprint density at radius 3 is 2.49 bits per heavy atom. The van der Waals surface area contributed by atoms with Crippen LogP contribution in [0.25, 0.3) is 0 Å². The molecule has 0 bridgehead atoms. The molecule has 0 aliphatic carbocycles. The van der Waals surface area contributed by atoms with Crippen LogP contribution in [0.15, 0.2) is 52.9 Å². The normalized spacial score (nSPS) is 11.3. The van der Waals surface area contributed by atoms with Crippen molar-refractivity contribution < 1.29 is 9.59 Å². The van der Waals surface area contributed by atoms with E-state index in [0.29, 0.717) is 22.7 Å². The van der Waals surface area contributed by atoms with Gasteiger partial charge in [-0.1, -0.05) is 44.2 Å². The molecule has 2 amide bonds.